The van der Waals surface area contributed by atoms with Crippen molar-refractivity contribution in [2.24, 2.45) is 0 Å². The first-order valence-corrected chi connectivity index (χ1v) is 6.53. The molecule has 0 fully saturated rings. The Balaban J connectivity index is 2.22. The van der Waals surface area contributed by atoms with E-state index in [-0.39, 0.29) is 5.54 Å². The molecule has 0 aliphatic heterocycles. The second kappa shape index (κ2) is 4.74. The molecule has 4 nitrogen and oxygen atoms in total. The van der Waals surface area contributed by atoms with Crippen LogP contribution < -0.4 is 5.32 Å². The SMILES string of the molecule is CCC(C)(C)NCc1cnc2cnc(Br)cn12. The van der Waals surface area contributed by atoms with Crippen molar-refractivity contribution in [1.82, 2.24) is 19.7 Å². The monoisotopic (exact) mass is 296 g/mol. The Labute approximate surface area is 110 Å². The lowest BCUT2D eigenvalue weighted by atomic mass is 10.0. The van der Waals surface area contributed by atoms with E-state index in [1.165, 1.54) is 0 Å². The molecule has 2 rings (SSSR count). The van der Waals surface area contributed by atoms with Gasteiger partial charge >= 0.3 is 0 Å². The zero-order valence-corrected chi connectivity index (χ0v) is 12.0. The molecule has 92 valence electrons. The van der Waals surface area contributed by atoms with Gasteiger partial charge in [-0.2, -0.15) is 0 Å². The van der Waals surface area contributed by atoms with Crippen LogP contribution in [-0.2, 0) is 6.54 Å². The van der Waals surface area contributed by atoms with Crippen molar-refractivity contribution in [3.63, 3.8) is 0 Å². The number of hydrogen-bond donors (Lipinski definition) is 1. The summed E-state index contributed by atoms with van der Waals surface area (Å²) in [4.78, 5) is 8.48. The van der Waals surface area contributed by atoms with Crippen molar-refractivity contribution in [3.8, 4) is 0 Å². The largest absolute Gasteiger partial charge is 0.306 e. The van der Waals surface area contributed by atoms with Crippen LogP contribution in [0.4, 0.5) is 0 Å². The summed E-state index contributed by atoms with van der Waals surface area (Å²) < 4.78 is 2.87. The van der Waals surface area contributed by atoms with Crippen molar-refractivity contribution >= 4 is 21.6 Å². The molecule has 0 unspecified atom stereocenters. The van der Waals surface area contributed by atoms with Crippen molar-refractivity contribution in [2.45, 2.75) is 39.3 Å². The lowest BCUT2D eigenvalue weighted by Gasteiger charge is -2.24. The molecule has 0 bridgehead atoms. The summed E-state index contributed by atoms with van der Waals surface area (Å²) in [7, 11) is 0. The van der Waals surface area contributed by atoms with Gasteiger partial charge in [0.05, 0.1) is 18.1 Å². The third-order valence-electron chi connectivity index (χ3n) is 3.07. The number of nitrogens with one attached hydrogen (secondary N) is 1. The van der Waals surface area contributed by atoms with Gasteiger partial charge in [-0.05, 0) is 36.2 Å². The number of imidazole rings is 1. The van der Waals surface area contributed by atoms with E-state index in [4.69, 9.17) is 0 Å². The van der Waals surface area contributed by atoms with Crippen molar-refractivity contribution in [3.05, 3.63) is 28.9 Å². The number of hydrogen-bond acceptors (Lipinski definition) is 3. The van der Waals surface area contributed by atoms with Gasteiger partial charge < -0.3 is 5.32 Å². The van der Waals surface area contributed by atoms with E-state index in [1.54, 1.807) is 6.20 Å². The van der Waals surface area contributed by atoms with Crippen LogP contribution in [0.3, 0.4) is 0 Å². The Morgan fingerprint density at radius 1 is 1.35 bits per heavy atom. The van der Waals surface area contributed by atoms with Crippen LogP contribution >= 0.6 is 15.9 Å². The van der Waals surface area contributed by atoms with Crippen LogP contribution in [0.5, 0.6) is 0 Å². The first-order valence-electron chi connectivity index (χ1n) is 5.74. The van der Waals surface area contributed by atoms with E-state index in [2.05, 4.69) is 56.4 Å². The highest BCUT2D eigenvalue weighted by molar-refractivity contribution is 9.10. The number of fused-ring (bicyclic) bond motifs is 1. The molecule has 5 heteroatoms. The molecule has 0 atom stereocenters. The molecule has 0 saturated carbocycles. The number of halogens is 1. The second-order valence-electron chi connectivity index (χ2n) is 4.78. The molecule has 2 heterocycles. The van der Waals surface area contributed by atoms with Crippen molar-refractivity contribution in [2.75, 3.05) is 0 Å². The third-order valence-corrected chi connectivity index (χ3v) is 3.48. The maximum Gasteiger partial charge on any atom is 0.155 e. The van der Waals surface area contributed by atoms with Gasteiger partial charge in [0.25, 0.3) is 0 Å². The minimum Gasteiger partial charge on any atom is -0.306 e. The zero-order chi connectivity index (χ0) is 12.5. The van der Waals surface area contributed by atoms with Crippen LogP contribution in [0.25, 0.3) is 5.65 Å². The first-order chi connectivity index (χ1) is 8.02. The molecule has 0 amide bonds. The van der Waals surface area contributed by atoms with Crippen molar-refractivity contribution in [1.29, 1.82) is 0 Å². The summed E-state index contributed by atoms with van der Waals surface area (Å²) in [6.45, 7) is 7.39. The maximum absolute atomic E-state index is 4.33. The van der Waals surface area contributed by atoms with E-state index < -0.39 is 0 Å². The smallest absolute Gasteiger partial charge is 0.155 e. The summed E-state index contributed by atoms with van der Waals surface area (Å²) in [5.74, 6) is 0. The number of nitrogens with zero attached hydrogens (tertiary/aromatic N) is 3. The zero-order valence-electron chi connectivity index (χ0n) is 10.4. The summed E-state index contributed by atoms with van der Waals surface area (Å²) in [6, 6.07) is 0. The van der Waals surface area contributed by atoms with E-state index in [0.717, 1.165) is 28.9 Å². The minimum atomic E-state index is 0.147. The molecule has 0 radical (unpaired) electrons. The predicted molar refractivity (Wildman–Crippen MR) is 71.9 cm³/mol. The van der Waals surface area contributed by atoms with Gasteiger partial charge in [-0.1, -0.05) is 6.92 Å². The predicted octanol–water partition coefficient (Wildman–Crippen LogP) is 2.77. The second-order valence-corrected chi connectivity index (χ2v) is 5.59. The highest BCUT2D eigenvalue weighted by Crippen LogP contribution is 2.13. The molecule has 0 aliphatic carbocycles. The Bertz CT molecular complexity index is 518. The molecule has 2 aromatic heterocycles. The highest BCUT2D eigenvalue weighted by atomic mass is 79.9. The number of rotatable bonds is 4. The molecule has 0 aliphatic rings. The van der Waals surface area contributed by atoms with Gasteiger partial charge in [0.2, 0.25) is 0 Å². The molecular formula is C12H17BrN4. The summed E-state index contributed by atoms with van der Waals surface area (Å²) in [6.07, 6.45) is 6.69. The van der Waals surface area contributed by atoms with Gasteiger partial charge in [-0.3, -0.25) is 4.40 Å². The van der Waals surface area contributed by atoms with Crippen molar-refractivity contribution < 1.29 is 0 Å². The van der Waals surface area contributed by atoms with Crippen LogP contribution in [0.15, 0.2) is 23.2 Å². The molecule has 0 aromatic carbocycles. The summed E-state index contributed by atoms with van der Waals surface area (Å²) >= 11 is 3.38. The van der Waals surface area contributed by atoms with E-state index >= 15 is 0 Å². The molecule has 2 aromatic rings. The average Bonchev–Trinajstić information content (AvgIpc) is 2.69. The summed E-state index contributed by atoms with van der Waals surface area (Å²) in [5, 5.41) is 3.53. The summed E-state index contributed by atoms with van der Waals surface area (Å²) in [5.41, 5.74) is 2.16. The van der Waals surface area contributed by atoms with Crippen LogP contribution in [0, 0.1) is 0 Å². The molecule has 0 spiro atoms. The highest BCUT2D eigenvalue weighted by Gasteiger charge is 2.14. The fourth-order valence-electron chi connectivity index (χ4n) is 1.50. The molecular weight excluding hydrogens is 280 g/mol. The maximum atomic E-state index is 4.33. The van der Waals surface area contributed by atoms with E-state index in [1.807, 2.05) is 12.4 Å². The van der Waals surface area contributed by atoms with E-state index in [9.17, 15) is 0 Å². The standard InChI is InChI=1S/C12H17BrN4/c1-4-12(2,3)16-6-9-5-15-11-7-14-10(13)8-17(9)11/h5,7-8,16H,4,6H2,1-3H3. The van der Waals surface area contributed by atoms with E-state index in [0.29, 0.717) is 0 Å². The van der Waals surface area contributed by atoms with Gasteiger partial charge in [-0.25, -0.2) is 9.97 Å². The van der Waals surface area contributed by atoms with Gasteiger partial charge in [0.1, 0.15) is 4.60 Å². The molecule has 0 saturated heterocycles. The Morgan fingerprint density at radius 2 is 2.12 bits per heavy atom. The van der Waals surface area contributed by atoms with Gasteiger partial charge in [-0.15, -0.1) is 0 Å². The molecule has 1 N–H and O–H groups in total. The van der Waals surface area contributed by atoms with Crippen LogP contribution in [0.2, 0.25) is 0 Å². The normalized spacial score (nSPS) is 12.2. The quantitative estimate of drug-likeness (QED) is 0.943. The first kappa shape index (κ1) is 12.5. The minimum absolute atomic E-state index is 0.147. The average molecular weight is 297 g/mol. The fourth-order valence-corrected chi connectivity index (χ4v) is 1.81. The lowest BCUT2D eigenvalue weighted by molar-refractivity contribution is 0.372. The Hall–Kier alpha value is -0.940. The Kier molecular flexibility index (Phi) is 3.49. The third kappa shape index (κ3) is 2.84. The fraction of sp³-hybridized carbons (Fsp3) is 0.500. The lowest BCUT2D eigenvalue weighted by Crippen LogP contribution is -2.38. The molecule has 17 heavy (non-hydrogen) atoms. The Morgan fingerprint density at radius 3 is 2.82 bits per heavy atom. The van der Waals surface area contributed by atoms with Crippen LogP contribution in [-0.4, -0.2) is 19.9 Å². The number of aromatic nitrogens is 3. The van der Waals surface area contributed by atoms with Gasteiger partial charge in [0.15, 0.2) is 5.65 Å². The topological polar surface area (TPSA) is 42.2 Å². The van der Waals surface area contributed by atoms with Gasteiger partial charge in [0, 0.05) is 18.3 Å². The van der Waals surface area contributed by atoms with Crippen LogP contribution in [0.1, 0.15) is 32.9 Å².